The van der Waals surface area contributed by atoms with Gasteiger partial charge in [-0.15, -0.1) is 0 Å². The molecule has 0 spiro atoms. The molecule has 30 heavy (non-hydrogen) atoms. The summed E-state index contributed by atoms with van der Waals surface area (Å²) in [4.78, 5) is 22.1. The van der Waals surface area contributed by atoms with Crippen LogP contribution in [-0.4, -0.2) is 29.7 Å². The van der Waals surface area contributed by atoms with Crippen LogP contribution in [0.4, 0.5) is 20.4 Å². The number of rotatable bonds is 4. The van der Waals surface area contributed by atoms with E-state index in [0.717, 1.165) is 0 Å². The first-order valence-corrected chi connectivity index (χ1v) is 8.35. The second kappa shape index (κ2) is 7.13. The molecule has 3 aromatic heterocycles. The van der Waals surface area contributed by atoms with Gasteiger partial charge in [-0.1, -0.05) is 0 Å². The Morgan fingerprint density at radius 1 is 1.23 bits per heavy atom. The quantitative estimate of drug-likeness (QED) is 0.400. The summed E-state index contributed by atoms with van der Waals surface area (Å²) in [5, 5.41) is 24.4. The molecule has 0 aliphatic carbocycles. The zero-order valence-electron chi connectivity index (χ0n) is 15.0. The molecule has 12 heteroatoms. The summed E-state index contributed by atoms with van der Waals surface area (Å²) in [7, 11) is 0. The van der Waals surface area contributed by atoms with E-state index in [1.165, 1.54) is 23.1 Å². The summed E-state index contributed by atoms with van der Waals surface area (Å²) in [6.07, 6.45) is 2.84. The molecule has 0 amide bonds. The molecule has 0 saturated heterocycles. The third-order valence-electron chi connectivity index (χ3n) is 4.31. The molecule has 0 atom stereocenters. The van der Waals surface area contributed by atoms with Crippen LogP contribution in [0.5, 0.6) is 0 Å². The van der Waals surface area contributed by atoms with E-state index in [0.29, 0.717) is 28.8 Å². The SMILES string of the molecule is N#Cc1cc(-c2nc(N)nc3c2cnn3Cc2c(F)cc([N+](=O)[O-])cc2F)ccn1. The van der Waals surface area contributed by atoms with E-state index in [1.807, 2.05) is 6.07 Å². The Bertz CT molecular complexity index is 1340. The van der Waals surface area contributed by atoms with Gasteiger partial charge in [0.25, 0.3) is 5.69 Å². The van der Waals surface area contributed by atoms with Crippen LogP contribution < -0.4 is 5.73 Å². The highest BCUT2D eigenvalue weighted by atomic mass is 19.1. The van der Waals surface area contributed by atoms with Gasteiger partial charge < -0.3 is 5.73 Å². The monoisotopic (exact) mass is 408 g/mol. The molecule has 0 saturated carbocycles. The summed E-state index contributed by atoms with van der Waals surface area (Å²) in [6.45, 7) is -0.380. The van der Waals surface area contributed by atoms with Crippen LogP contribution in [-0.2, 0) is 6.54 Å². The summed E-state index contributed by atoms with van der Waals surface area (Å²) in [6, 6.07) is 6.33. The minimum atomic E-state index is -1.08. The number of halogens is 2. The summed E-state index contributed by atoms with van der Waals surface area (Å²) >= 11 is 0. The van der Waals surface area contributed by atoms with E-state index in [1.54, 1.807) is 6.07 Å². The summed E-state index contributed by atoms with van der Waals surface area (Å²) in [5.74, 6) is -2.28. The Hall–Kier alpha value is -4.53. The van der Waals surface area contributed by atoms with E-state index >= 15 is 0 Å². The predicted octanol–water partition coefficient (Wildman–Crippen LogP) is 2.58. The largest absolute Gasteiger partial charge is 0.368 e. The predicted molar refractivity (Wildman–Crippen MR) is 99.8 cm³/mol. The second-order valence-electron chi connectivity index (χ2n) is 6.16. The average Bonchev–Trinajstić information content (AvgIpc) is 3.12. The van der Waals surface area contributed by atoms with Gasteiger partial charge in [0.15, 0.2) is 5.65 Å². The fraction of sp³-hybridized carbons (Fsp3) is 0.0556. The highest BCUT2D eigenvalue weighted by molar-refractivity contribution is 5.91. The van der Waals surface area contributed by atoms with Gasteiger partial charge in [-0.25, -0.2) is 23.4 Å². The Morgan fingerprint density at radius 2 is 1.97 bits per heavy atom. The van der Waals surface area contributed by atoms with Gasteiger partial charge in [-0.2, -0.15) is 15.3 Å². The van der Waals surface area contributed by atoms with Gasteiger partial charge in [-0.05, 0) is 12.1 Å². The maximum atomic E-state index is 14.3. The smallest absolute Gasteiger partial charge is 0.275 e. The number of non-ortho nitro benzene ring substituents is 1. The third kappa shape index (κ3) is 3.24. The number of hydrogen-bond donors (Lipinski definition) is 1. The average molecular weight is 408 g/mol. The van der Waals surface area contributed by atoms with Crippen molar-refractivity contribution >= 4 is 22.7 Å². The number of nitro groups is 1. The van der Waals surface area contributed by atoms with Crippen LogP contribution >= 0.6 is 0 Å². The topological polar surface area (TPSA) is 149 Å². The van der Waals surface area contributed by atoms with Crippen LogP contribution in [0.2, 0.25) is 0 Å². The lowest BCUT2D eigenvalue weighted by molar-refractivity contribution is -0.385. The molecule has 0 unspecified atom stereocenters. The fourth-order valence-electron chi connectivity index (χ4n) is 2.94. The van der Waals surface area contributed by atoms with Crippen LogP contribution in [0.15, 0.2) is 36.7 Å². The van der Waals surface area contributed by atoms with Crippen molar-refractivity contribution in [2.45, 2.75) is 6.54 Å². The van der Waals surface area contributed by atoms with Crippen molar-refractivity contribution in [1.82, 2.24) is 24.7 Å². The number of nitro benzene ring substituents is 1. The van der Waals surface area contributed by atoms with Crippen LogP contribution in [0, 0.1) is 33.1 Å². The number of nitriles is 1. The number of benzene rings is 1. The Morgan fingerprint density at radius 3 is 2.63 bits per heavy atom. The molecule has 0 aliphatic heterocycles. The lowest BCUT2D eigenvalue weighted by atomic mass is 10.1. The highest BCUT2D eigenvalue weighted by Gasteiger charge is 2.20. The van der Waals surface area contributed by atoms with E-state index in [2.05, 4.69) is 20.1 Å². The van der Waals surface area contributed by atoms with Crippen molar-refractivity contribution < 1.29 is 13.7 Å². The maximum absolute atomic E-state index is 14.3. The molecule has 4 aromatic rings. The summed E-state index contributed by atoms with van der Waals surface area (Å²) in [5.41, 5.74) is 5.96. The number of aromatic nitrogens is 5. The molecule has 3 heterocycles. The Balaban J connectivity index is 1.82. The number of fused-ring (bicyclic) bond motifs is 1. The van der Waals surface area contributed by atoms with Crippen LogP contribution in [0.3, 0.4) is 0 Å². The molecule has 10 nitrogen and oxygen atoms in total. The lowest BCUT2D eigenvalue weighted by Crippen LogP contribution is -2.09. The molecular weight excluding hydrogens is 398 g/mol. The van der Waals surface area contributed by atoms with Crippen molar-refractivity contribution in [3.05, 3.63) is 69.7 Å². The third-order valence-corrected chi connectivity index (χ3v) is 4.31. The number of hydrogen-bond acceptors (Lipinski definition) is 8. The van der Waals surface area contributed by atoms with Gasteiger partial charge in [0.05, 0.1) is 40.9 Å². The first-order valence-electron chi connectivity index (χ1n) is 8.35. The normalized spacial score (nSPS) is 10.8. The standard InChI is InChI=1S/C18H10F2N8O2/c19-14-4-11(28(29)30)5-15(20)13(14)8-27-17-12(7-24-27)16(25-18(22)26-17)9-1-2-23-10(3-9)6-21/h1-5,7H,8H2,(H2,22,25,26). The molecule has 0 bridgehead atoms. The fourth-order valence-corrected chi connectivity index (χ4v) is 2.94. The van der Waals surface area contributed by atoms with Gasteiger partial charge in [-0.3, -0.25) is 10.1 Å². The van der Waals surface area contributed by atoms with Gasteiger partial charge in [0, 0.05) is 17.3 Å². The molecule has 1 aromatic carbocycles. The minimum Gasteiger partial charge on any atom is -0.368 e. The van der Waals surface area contributed by atoms with Crippen molar-refractivity contribution in [2.24, 2.45) is 0 Å². The first kappa shape index (κ1) is 18.8. The minimum absolute atomic E-state index is 0.112. The van der Waals surface area contributed by atoms with E-state index in [4.69, 9.17) is 11.0 Å². The zero-order chi connectivity index (χ0) is 21.4. The zero-order valence-corrected chi connectivity index (χ0v) is 15.0. The molecular formula is C18H10F2N8O2. The van der Waals surface area contributed by atoms with E-state index in [9.17, 15) is 18.9 Å². The van der Waals surface area contributed by atoms with Gasteiger partial charge in [0.1, 0.15) is 23.4 Å². The molecule has 4 rings (SSSR count). The second-order valence-corrected chi connectivity index (χ2v) is 6.16. The van der Waals surface area contributed by atoms with Crippen molar-refractivity contribution in [1.29, 1.82) is 5.26 Å². The lowest BCUT2D eigenvalue weighted by Gasteiger charge is -2.08. The van der Waals surface area contributed by atoms with Crippen molar-refractivity contribution in [3.8, 4) is 17.3 Å². The number of nitrogens with two attached hydrogens (primary N) is 1. The van der Waals surface area contributed by atoms with Crippen molar-refractivity contribution in [2.75, 3.05) is 5.73 Å². The van der Waals surface area contributed by atoms with E-state index < -0.39 is 27.8 Å². The number of nitrogens with zero attached hydrogens (tertiary/aromatic N) is 7. The number of nitrogen functional groups attached to an aromatic ring is 1. The maximum Gasteiger partial charge on any atom is 0.275 e. The first-order chi connectivity index (χ1) is 14.4. The molecule has 0 aliphatic rings. The highest BCUT2D eigenvalue weighted by Crippen LogP contribution is 2.28. The summed E-state index contributed by atoms with van der Waals surface area (Å²) < 4.78 is 29.8. The van der Waals surface area contributed by atoms with Crippen LogP contribution in [0.1, 0.15) is 11.3 Å². The van der Waals surface area contributed by atoms with Crippen LogP contribution in [0.25, 0.3) is 22.3 Å². The van der Waals surface area contributed by atoms with Gasteiger partial charge in [0.2, 0.25) is 5.95 Å². The Labute approximate surface area is 166 Å². The molecule has 148 valence electrons. The van der Waals surface area contributed by atoms with Crippen molar-refractivity contribution in [3.63, 3.8) is 0 Å². The molecule has 2 N–H and O–H groups in total. The number of anilines is 1. The Kier molecular flexibility index (Phi) is 4.47. The van der Waals surface area contributed by atoms with E-state index in [-0.39, 0.29) is 23.8 Å². The molecule has 0 fully saturated rings. The van der Waals surface area contributed by atoms with Gasteiger partial charge >= 0.3 is 0 Å². The number of pyridine rings is 1. The molecule has 0 radical (unpaired) electrons.